The molecule has 0 bridgehead atoms. The van der Waals surface area contributed by atoms with Gasteiger partial charge in [-0.2, -0.15) is 0 Å². The highest BCUT2D eigenvalue weighted by Gasteiger charge is 2.17. The molecule has 0 fully saturated rings. The van der Waals surface area contributed by atoms with E-state index in [-0.39, 0.29) is 16.8 Å². The van der Waals surface area contributed by atoms with Crippen molar-refractivity contribution in [3.63, 3.8) is 0 Å². The number of amides is 1. The molecule has 1 amide bonds. The van der Waals surface area contributed by atoms with Crippen molar-refractivity contribution in [2.24, 2.45) is 5.14 Å². The van der Waals surface area contributed by atoms with Crippen LogP contribution < -0.4 is 14.6 Å². The molecule has 2 N–H and O–H groups in total. The van der Waals surface area contributed by atoms with Crippen molar-refractivity contribution >= 4 is 22.0 Å². The quantitative estimate of drug-likeness (QED) is 0.715. The van der Waals surface area contributed by atoms with Crippen LogP contribution in [0, 0.1) is 0 Å². The molecule has 8 heteroatoms. The van der Waals surface area contributed by atoms with E-state index in [2.05, 4.69) is 0 Å². The van der Waals surface area contributed by atoms with Gasteiger partial charge in [0.25, 0.3) is 0 Å². The van der Waals surface area contributed by atoms with Gasteiger partial charge in [0, 0.05) is 18.7 Å². The van der Waals surface area contributed by atoms with Crippen LogP contribution in [-0.2, 0) is 14.8 Å². The molecule has 7 nitrogen and oxygen atoms in total. The molecule has 0 aliphatic carbocycles. The fourth-order valence-electron chi connectivity index (χ4n) is 2.60. The number of nitrogens with two attached hydrogens (primary N) is 1. The van der Waals surface area contributed by atoms with Crippen LogP contribution in [0.4, 0.5) is 0 Å². The maximum Gasteiger partial charge on any atom is 0.246 e. The van der Waals surface area contributed by atoms with Crippen molar-refractivity contribution in [2.75, 3.05) is 21.3 Å². The molecule has 2 rings (SSSR count). The summed E-state index contributed by atoms with van der Waals surface area (Å²) in [6, 6.07) is 11.2. The maximum atomic E-state index is 12.6. The van der Waals surface area contributed by atoms with E-state index in [9.17, 15) is 13.2 Å². The molecule has 0 heterocycles. The van der Waals surface area contributed by atoms with Gasteiger partial charge in [-0.15, -0.1) is 0 Å². The van der Waals surface area contributed by atoms with Gasteiger partial charge >= 0.3 is 0 Å². The van der Waals surface area contributed by atoms with Crippen LogP contribution in [0.5, 0.6) is 11.5 Å². The summed E-state index contributed by atoms with van der Waals surface area (Å²) in [7, 11) is 1.05. The molecule has 0 saturated heterocycles. The largest absolute Gasteiger partial charge is 0.497 e. The van der Waals surface area contributed by atoms with Crippen LogP contribution >= 0.6 is 0 Å². The summed E-state index contributed by atoms with van der Waals surface area (Å²) < 4.78 is 33.2. The van der Waals surface area contributed by atoms with E-state index in [1.807, 2.05) is 6.92 Å². The summed E-state index contributed by atoms with van der Waals surface area (Å²) in [6.07, 6.45) is 3.11. The Morgan fingerprint density at radius 1 is 1.11 bits per heavy atom. The highest BCUT2D eigenvalue weighted by atomic mass is 32.2. The number of primary sulfonamides is 1. The SMILES string of the molecule is COc1ccc(OC)c(/C=C/C(=O)N(C)C(C)c2ccc(S(N)(=O)=O)cc2)c1. The van der Waals surface area contributed by atoms with Gasteiger partial charge in [-0.25, -0.2) is 13.6 Å². The van der Waals surface area contributed by atoms with Gasteiger partial charge in [0.05, 0.1) is 25.2 Å². The Morgan fingerprint density at radius 3 is 2.29 bits per heavy atom. The summed E-state index contributed by atoms with van der Waals surface area (Å²) in [5, 5.41) is 5.11. The summed E-state index contributed by atoms with van der Waals surface area (Å²) in [5.74, 6) is 1.07. The first-order valence-electron chi connectivity index (χ1n) is 8.47. The monoisotopic (exact) mass is 404 g/mol. The predicted octanol–water partition coefficient (Wildman–Crippen LogP) is 2.58. The van der Waals surface area contributed by atoms with Crippen LogP contribution in [0.3, 0.4) is 0 Å². The number of carbonyl (C=O) groups is 1. The molecule has 0 aromatic heterocycles. The molecular weight excluding hydrogens is 380 g/mol. The molecule has 2 aromatic rings. The fraction of sp³-hybridized carbons (Fsp3) is 0.250. The molecule has 0 aliphatic heterocycles. The number of hydrogen-bond acceptors (Lipinski definition) is 5. The number of methoxy groups -OCH3 is 2. The first-order chi connectivity index (χ1) is 13.2. The van der Waals surface area contributed by atoms with Crippen molar-refractivity contribution in [1.82, 2.24) is 4.90 Å². The van der Waals surface area contributed by atoms with Gasteiger partial charge < -0.3 is 14.4 Å². The topological polar surface area (TPSA) is 98.9 Å². The number of sulfonamides is 1. The first kappa shape index (κ1) is 21.5. The summed E-state index contributed by atoms with van der Waals surface area (Å²) >= 11 is 0. The normalized spacial score (nSPS) is 12.6. The number of hydrogen-bond donors (Lipinski definition) is 1. The lowest BCUT2D eigenvalue weighted by atomic mass is 10.1. The Labute approximate surface area is 165 Å². The third-order valence-electron chi connectivity index (χ3n) is 4.46. The van der Waals surface area contributed by atoms with Gasteiger partial charge in [0.1, 0.15) is 11.5 Å². The van der Waals surface area contributed by atoms with E-state index >= 15 is 0 Å². The molecule has 0 saturated carbocycles. The number of benzene rings is 2. The molecule has 28 heavy (non-hydrogen) atoms. The lowest BCUT2D eigenvalue weighted by Gasteiger charge is -2.24. The van der Waals surface area contributed by atoms with Gasteiger partial charge in [-0.1, -0.05) is 12.1 Å². The van der Waals surface area contributed by atoms with E-state index in [0.29, 0.717) is 17.1 Å². The van der Waals surface area contributed by atoms with Crippen LogP contribution in [0.25, 0.3) is 6.08 Å². The molecule has 0 aliphatic rings. The summed E-state index contributed by atoms with van der Waals surface area (Å²) in [5.41, 5.74) is 1.50. The van der Waals surface area contributed by atoms with E-state index in [1.165, 1.54) is 18.2 Å². The average Bonchev–Trinajstić information content (AvgIpc) is 2.69. The lowest BCUT2D eigenvalue weighted by molar-refractivity contribution is -0.126. The van der Waals surface area contributed by atoms with E-state index < -0.39 is 10.0 Å². The predicted molar refractivity (Wildman–Crippen MR) is 108 cm³/mol. The fourth-order valence-corrected chi connectivity index (χ4v) is 3.11. The molecule has 1 unspecified atom stereocenters. The first-order valence-corrected chi connectivity index (χ1v) is 10.0. The number of carbonyl (C=O) groups excluding carboxylic acids is 1. The molecule has 150 valence electrons. The minimum atomic E-state index is -3.75. The average molecular weight is 404 g/mol. The molecule has 0 radical (unpaired) electrons. The van der Waals surface area contributed by atoms with Crippen molar-refractivity contribution in [1.29, 1.82) is 0 Å². The Bertz CT molecular complexity index is 969. The molecule has 1 atom stereocenters. The van der Waals surface area contributed by atoms with E-state index in [0.717, 1.165) is 5.56 Å². The van der Waals surface area contributed by atoms with Crippen LogP contribution in [-0.4, -0.2) is 40.5 Å². The maximum absolute atomic E-state index is 12.6. The highest BCUT2D eigenvalue weighted by molar-refractivity contribution is 7.89. The van der Waals surface area contributed by atoms with Crippen molar-refractivity contribution in [2.45, 2.75) is 17.9 Å². The smallest absolute Gasteiger partial charge is 0.246 e. The van der Waals surface area contributed by atoms with Gasteiger partial charge in [0.15, 0.2) is 0 Å². The number of nitrogens with zero attached hydrogens (tertiary/aromatic N) is 1. The van der Waals surface area contributed by atoms with Crippen LogP contribution in [0.1, 0.15) is 24.1 Å². The zero-order valence-electron chi connectivity index (χ0n) is 16.2. The Morgan fingerprint density at radius 2 is 1.75 bits per heavy atom. The Hall–Kier alpha value is -2.84. The third kappa shape index (κ3) is 5.11. The van der Waals surface area contributed by atoms with E-state index in [1.54, 1.807) is 62.6 Å². The van der Waals surface area contributed by atoms with Crippen LogP contribution in [0.15, 0.2) is 53.4 Å². The van der Waals surface area contributed by atoms with Crippen molar-refractivity contribution < 1.29 is 22.7 Å². The van der Waals surface area contributed by atoms with Gasteiger partial charge in [0.2, 0.25) is 15.9 Å². The Kier molecular flexibility index (Phi) is 6.82. The summed E-state index contributed by atoms with van der Waals surface area (Å²) in [6.45, 7) is 1.85. The summed E-state index contributed by atoms with van der Waals surface area (Å²) in [4.78, 5) is 14.1. The molecular formula is C20H24N2O5S. The molecule has 0 spiro atoms. The second-order valence-corrected chi connectivity index (χ2v) is 7.74. The van der Waals surface area contributed by atoms with Gasteiger partial charge in [-0.05, 0) is 48.9 Å². The Balaban J connectivity index is 2.17. The second-order valence-electron chi connectivity index (χ2n) is 6.18. The number of rotatable bonds is 7. The second kappa shape index (κ2) is 8.90. The minimum absolute atomic E-state index is 0.0300. The van der Waals surface area contributed by atoms with E-state index in [4.69, 9.17) is 14.6 Å². The highest BCUT2D eigenvalue weighted by Crippen LogP contribution is 2.26. The molecule has 2 aromatic carbocycles. The third-order valence-corrected chi connectivity index (χ3v) is 5.39. The zero-order valence-corrected chi connectivity index (χ0v) is 17.1. The lowest BCUT2D eigenvalue weighted by Crippen LogP contribution is -2.28. The van der Waals surface area contributed by atoms with Crippen molar-refractivity contribution in [3.8, 4) is 11.5 Å². The number of likely N-dealkylation sites (N-methyl/N-ethyl adjacent to an activating group) is 1. The standard InChI is InChI=1S/C20H24N2O5S/c1-14(15-5-9-18(10-6-15)28(21,24)25)22(2)20(23)12-7-16-13-17(26-3)8-11-19(16)27-4/h5-14H,1-4H3,(H2,21,24,25)/b12-7+. The van der Waals surface area contributed by atoms with Crippen LogP contribution in [0.2, 0.25) is 0 Å². The minimum Gasteiger partial charge on any atom is -0.497 e. The number of ether oxygens (including phenoxy) is 2. The van der Waals surface area contributed by atoms with Crippen molar-refractivity contribution in [3.05, 3.63) is 59.7 Å². The zero-order chi connectivity index (χ0) is 20.9. The van der Waals surface area contributed by atoms with Gasteiger partial charge in [-0.3, -0.25) is 4.79 Å².